The predicted octanol–water partition coefficient (Wildman–Crippen LogP) is 2.65. The van der Waals surface area contributed by atoms with Crippen LogP contribution in [0.1, 0.15) is 32.6 Å². The van der Waals surface area contributed by atoms with Gasteiger partial charge in [0, 0.05) is 0 Å². The Morgan fingerprint density at radius 2 is 2.11 bits per heavy atom. The van der Waals surface area contributed by atoms with Crippen molar-refractivity contribution < 1.29 is 0 Å². The molecule has 0 aromatic rings. The molecule has 0 heterocycles. The third-order valence-corrected chi connectivity index (χ3v) is 3.67. The van der Waals surface area contributed by atoms with Crippen LogP contribution in [0, 0.1) is 0 Å². The van der Waals surface area contributed by atoms with Gasteiger partial charge in [0.15, 0.2) is 0 Å². The number of thiocarbonyl (C=S) groups is 1. The predicted molar refractivity (Wildman–Crippen MR) is 48.4 cm³/mol. The van der Waals surface area contributed by atoms with Crippen molar-refractivity contribution in [2.24, 2.45) is 0 Å². The molecule has 0 N–H and O–H groups in total. The van der Waals surface area contributed by atoms with E-state index in [1.54, 1.807) is 0 Å². The van der Waals surface area contributed by atoms with Gasteiger partial charge in [0.05, 0.1) is 0 Å². The topological polar surface area (TPSA) is 0 Å². The molecule has 54 valence electrons. The summed E-state index contributed by atoms with van der Waals surface area (Å²) in [6, 6.07) is 0. The Morgan fingerprint density at radius 3 is 2.56 bits per heavy atom. The van der Waals surface area contributed by atoms with Crippen molar-refractivity contribution in [2.45, 2.75) is 38.4 Å². The molecular formula is C7H14SSe. The molecule has 0 atom stereocenters. The van der Waals surface area contributed by atoms with Gasteiger partial charge in [0.25, 0.3) is 0 Å². The number of unbranched alkanes of at least 4 members (excludes halogenated alkanes) is 2. The van der Waals surface area contributed by atoms with E-state index in [0.29, 0.717) is 15.0 Å². The summed E-state index contributed by atoms with van der Waals surface area (Å²) in [6.07, 6.45) is 5.15. The molecular weight excluding hydrogens is 195 g/mol. The van der Waals surface area contributed by atoms with E-state index in [1.165, 1.54) is 29.4 Å². The van der Waals surface area contributed by atoms with E-state index in [1.807, 2.05) is 0 Å². The normalized spacial score (nSPS) is 9.56. The van der Waals surface area contributed by atoms with Gasteiger partial charge >= 0.3 is 69.4 Å². The summed E-state index contributed by atoms with van der Waals surface area (Å²) in [5.74, 6) is 2.20. The van der Waals surface area contributed by atoms with Crippen LogP contribution in [-0.4, -0.2) is 18.7 Å². The van der Waals surface area contributed by atoms with Gasteiger partial charge in [-0.3, -0.25) is 0 Å². The molecule has 0 bridgehead atoms. The van der Waals surface area contributed by atoms with E-state index >= 15 is 0 Å². The van der Waals surface area contributed by atoms with Crippen LogP contribution in [0.15, 0.2) is 0 Å². The van der Waals surface area contributed by atoms with Crippen LogP contribution in [0.2, 0.25) is 5.82 Å². The van der Waals surface area contributed by atoms with Crippen LogP contribution >= 0.6 is 12.2 Å². The van der Waals surface area contributed by atoms with Crippen molar-refractivity contribution in [2.75, 3.05) is 0 Å². The molecule has 0 unspecified atom stereocenters. The van der Waals surface area contributed by atoms with Crippen molar-refractivity contribution >= 4 is 30.9 Å². The van der Waals surface area contributed by atoms with Crippen molar-refractivity contribution in [3.63, 3.8) is 0 Å². The molecule has 0 rings (SSSR count). The van der Waals surface area contributed by atoms with E-state index < -0.39 is 0 Å². The summed E-state index contributed by atoms with van der Waals surface area (Å²) in [4.78, 5) is 0. The van der Waals surface area contributed by atoms with Gasteiger partial charge in [-0.2, -0.15) is 0 Å². The molecule has 0 nitrogen and oxygen atoms in total. The first kappa shape index (κ1) is 9.61. The molecule has 0 aliphatic rings. The van der Waals surface area contributed by atoms with Crippen molar-refractivity contribution in [1.29, 1.82) is 0 Å². The molecule has 2 heteroatoms. The molecule has 0 saturated carbocycles. The Hall–Kier alpha value is 0.609. The zero-order valence-corrected chi connectivity index (χ0v) is 8.67. The fourth-order valence-corrected chi connectivity index (χ4v) is 1.50. The molecule has 0 aromatic heterocycles. The minimum atomic E-state index is 0.614. The second kappa shape index (κ2) is 6.73. The zero-order valence-electron chi connectivity index (χ0n) is 6.14. The van der Waals surface area contributed by atoms with Crippen LogP contribution in [0.5, 0.6) is 0 Å². The summed E-state index contributed by atoms with van der Waals surface area (Å²) in [7, 11) is 0. The van der Waals surface area contributed by atoms with E-state index in [4.69, 9.17) is 12.2 Å². The Balaban J connectivity index is 2.97. The van der Waals surface area contributed by atoms with Gasteiger partial charge in [0.1, 0.15) is 0 Å². The average molecular weight is 209 g/mol. The standard InChI is InChI=1S/C7H14SSe/c1-3-4-5-6-7(8)9-2/h3-6H2,1-2H3. The SMILES string of the molecule is CCCCCC(=S)[Se]C. The van der Waals surface area contributed by atoms with Crippen molar-refractivity contribution in [1.82, 2.24) is 0 Å². The Bertz CT molecular complexity index is 81.0. The summed E-state index contributed by atoms with van der Waals surface area (Å²) in [5, 5.41) is 0. The molecule has 0 spiro atoms. The fraction of sp³-hybridized carbons (Fsp3) is 0.857. The monoisotopic (exact) mass is 210 g/mol. The van der Waals surface area contributed by atoms with Gasteiger partial charge < -0.3 is 0 Å². The Kier molecular flexibility index (Phi) is 7.18. The number of hydrogen-bond acceptors (Lipinski definition) is 1. The third-order valence-electron chi connectivity index (χ3n) is 1.21. The number of hydrogen-bond donors (Lipinski definition) is 0. The first-order valence-corrected chi connectivity index (χ1v) is 6.36. The molecule has 0 aromatic carbocycles. The first-order valence-electron chi connectivity index (χ1n) is 3.38. The Labute approximate surface area is 69.6 Å². The maximum atomic E-state index is 5.10. The van der Waals surface area contributed by atoms with Crippen molar-refractivity contribution in [3.05, 3.63) is 0 Å². The summed E-state index contributed by atoms with van der Waals surface area (Å²) in [5.41, 5.74) is 0. The molecule has 0 aliphatic carbocycles. The molecule has 0 aliphatic heterocycles. The van der Waals surface area contributed by atoms with Crippen LogP contribution in [0.4, 0.5) is 0 Å². The quantitative estimate of drug-likeness (QED) is 0.381. The molecule has 0 amide bonds. The molecule has 9 heavy (non-hydrogen) atoms. The van der Waals surface area contributed by atoms with E-state index in [9.17, 15) is 0 Å². The third kappa shape index (κ3) is 6.50. The van der Waals surface area contributed by atoms with Crippen molar-refractivity contribution in [3.8, 4) is 0 Å². The van der Waals surface area contributed by atoms with E-state index in [0.717, 1.165) is 0 Å². The van der Waals surface area contributed by atoms with Gasteiger partial charge in [0.2, 0.25) is 0 Å². The van der Waals surface area contributed by atoms with Gasteiger partial charge in [-0.1, -0.05) is 0 Å². The minimum absolute atomic E-state index is 0.614. The van der Waals surface area contributed by atoms with Crippen LogP contribution < -0.4 is 0 Å². The van der Waals surface area contributed by atoms with E-state index in [2.05, 4.69) is 12.7 Å². The Morgan fingerprint density at radius 1 is 1.44 bits per heavy atom. The molecule has 0 radical (unpaired) electrons. The second-order valence-corrected chi connectivity index (χ2v) is 5.00. The summed E-state index contributed by atoms with van der Waals surface area (Å²) < 4.78 is 1.30. The zero-order chi connectivity index (χ0) is 7.11. The van der Waals surface area contributed by atoms with Gasteiger partial charge in [-0.05, 0) is 0 Å². The maximum absolute atomic E-state index is 5.10. The molecule has 0 saturated heterocycles. The van der Waals surface area contributed by atoms with Crippen LogP contribution in [-0.2, 0) is 0 Å². The van der Waals surface area contributed by atoms with Crippen LogP contribution in [0.25, 0.3) is 0 Å². The van der Waals surface area contributed by atoms with Gasteiger partial charge in [-0.15, -0.1) is 0 Å². The fourth-order valence-electron chi connectivity index (χ4n) is 0.621. The molecule has 0 fully saturated rings. The average Bonchev–Trinajstić information content (AvgIpc) is 1.89. The van der Waals surface area contributed by atoms with Crippen LogP contribution in [0.3, 0.4) is 0 Å². The van der Waals surface area contributed by atoms with E-state index in [-0.39, 0.29) is 0 Å². The summed E-state index contributed by atoms with van der Waals surface area (Å²) in [6.45, 7) is 2.22. The van der Waals surface area contributed by atoms with Gasteiger partial charge in [-0.25, -0.2) is 0 Å². The number of rotatable bonds is 5. The second-order valence-electron chi connectivity index (χ2n) is 2.03. The first-order chi connectivity index (χ1) is 4.31. The summed E-state index contributed by atoms with van der Waals surface area (Å²) >= 11 is 5.71.